The Kier molecular flexibility index (Phi) is 4.49. The van der Waals surface area contributed by atoms with E-state index in [4.69, 9.17) is 16.7 Å². The Balaban J connectivity index is 1.74. The predicted octanol–water partition coefficient (Wildman–Crippen LogP) is 1.97. The van der Waals surface area contributed by atoms with E-state index in [1.807, 2.05) is 12.1 Å². The number of benzene rings is 2. The van der Waals surface area contributed by atoms with E-state index >= 15 is 0 Å². The van der Waals surface area contributed by atoms with Gasteiger partial charge in [0.1, 0.15) is 5.50 Å². The number of nitrogens with two attached hydrogens (primary N) is 1. The molecule has 3 rings (SSSR count). The van der Waals surface area contributed by atoms with E-state index in [1.165, 1.54) is 17.0 Å². The van der Waals surface area contributed by atoms with Crippen molar-refractivity contribution in [3.63, 3.8) is 0 Å². The number of nitrogens with one attached hydrogen (secondary N) is 1. The zero-order valence-corrected chi connectivity index (χ0v) is 14.2. The van der Waals surface area contributed by atoms with Crippen molar-refractivity contribution < 1.29 is 13.2 Å². The van der Waals surface area contributed by atoms with Gasteiger partial charge in [0.2, 0.25) is 10.0 Å². The number of anilines is 1. The van der Waals surface area contributed by atoms with E-state index in [2.05, 4.69) is 5.32 Å². The summed E-state index contributed by atoms with van der Waals surface area (Å²) in [4.78, 5) is 14.1. The number of carbonyl (C=O) groups excluding carboxylic acids is 1. The van der Waals surface area contributed by atoms with Gasteiger partial charge in [0, 0.05) is 12.1 Å². The van der Waals surface area contributed by atoms with Crippen LogP contribution in [0.4, 0.5) is 5.69 Å². The smallest absolute Gasteiger partial charge is 0.258 e. The average molecular weight is 366 g/mol. The second-order valence-corrected chi connectivity index (χ2v) is 7.55. The van der Waals surface area contributed by atoms with Crippen molar-refractivity contribution in [3.8, 4) is 0 Å². The van der Waals surface area contributed by atoms with Gasteiger partial charge in [0.05, 0.1) is 17.1 Å². The van der Waals surface area contributed by atoms with Crippen molar-refractivity contribution in [2.75, 3.05) is 12.0 Å². The molecule has 2 aromatic rings. The molecule has 0 fully saturated rings. The summed E-state index contributed by atoms with van der Waals surface area (Å²) in [5, 5.41) is 8.24. The molecular formula is C16H16ClN3O3S. The number of fused-ring (bicyclic) bond motifs is 1. The number of hydrogen-bond acceptors (Lipinski definition) is 4. The molecule has 1 atom stereocenters. The molecule has 0 bridgehead atoms. The van der Waals surface area contributed by atoms with Crippen molar-refractivity contribution in [1.82, 2.24) is 4.90 Å². The third-order valence-electron chi connectivity index (χ3n) is 3.85. The molecule has 0 aliphatic carbocycles. The number of primary sulfonamides is 1. The molecule has 6 nitrogen and oxygen atoms in total. The van der Waals surface area contributed by atoms with Crippen LogP contribution in [0.25, 0.3) is 0 Å². The lowest BCUT2D eigenvalue weighted by Gasteiger charge is -2.33. The van der Waals surface area contributed by atoms with E-state index < -0.39 is 15.5 Å². The molecule has 0 radical (unpaired) electrons. The van der Waals surface area contributed by atoms with Crippen LogP contribution in [0.3, 0.4) is 0 Å². The third kappa shape index (κ3) is 3.38. The zero-order valence-electron chi connectivity index (χ0n) is 12.6. The average Bonchev–Trinajstić information content (AvgIpc) is 2.55. The van der Waals surface area contributed by atoms with Crippen LogP contribution in [0.5, 0.6) is 0 Å². The normalized spacial score (nSPS) is 15.6. The monoisotopic (exact) mass is 365 g/mol. The van der Waals surface area contributed by atoms with E-state index in [-0.39, 0.29) is 10.8 Å². The molecule has 3 N–H and O–H groups in total. The second-order valence-electron chi connectivity index (χ2n) is 5.48. The minimum Gasteiger partial charge on any atom is -0.367 e. The highest BCUT2D eigenvalue weighted by atomic mass is 35.5. The Bertz CT molecular complexity index is 868. The molecule has 1 heterocycles. The van der Waals surface area contributed by atoms with Gasteiger partial charge in [0.15, 0.2) is 0 Å². The summed E-state index contributed by atoms with van der Waals surface area (Å²) in [6.45, 7) is 0.319. The van der Waals surface area contributed by atoms with Gasteiger partial charge in [-0.3, -0.25) is 4.79 Å². The van der Waals surface area contributed by atoms with E-state index in [1.54, 1.807) is 24.3 Å². The minimum atomic E-state index is -3.72. The van der Waals surface area contributed by atoms with Crippen LogP contribution in [0.1, 0.15) is 15.9 Å². The molecule has 1 aliphatic rings. The topological polar surface area (TPSA) is 92.5 Å². The molecule has 1 amide bonds. The molecule has 0 saturated carbocycles. The number of hydrogen-bond donors (Lipinski definition) is 2. The van der Waals surface area contributed by atoms with Crippen molar-refractivity contribution in [2.45, 2.75) is 16.8 Å². The first-order valence-corrected chi connectivity index (χ1v) is 9.24. The number of para-hydroxylation sites is 1. The summed E-state index contributed by atoms with van der Waals surface area (Å²) in [7, 11) is -3.72. The van der Waals surface area contributed by atoms with Crippen LogP contribution in [-0.4, -0.2) is 31.4 Å². The number of carbonyl (C=O) groups is 1. The van der Waals surface area contributed by atoms with E-state index in [0.29, 0.717) is 18.7 Å². The fourth-order valence-corrected chi connectivity index (χ4v) is 3.42. The summed E-state index contributed by atoms with van der Waals surface area (Å²) in [6, 6.07) is 13.4. The number of rotatable bonds is 4. The number of nitrogens with zero attached hydrogens (tertiary/aromatic N) is 1. The SMILES string of the molecule is NS(=O)(=O)c1ccc(CC(Cl)N2CNc3ccccc3C2=O)cc1. The number of sulfonamides is 1. The zero-order chi connectivity index (χ0) is 17.3. The highest BCUT2D eigenvalue weighted by Gasteiger charge is 2.28. The van der Waals surface area contributed by atoms with Crippen LogP contribution in [0, 0.1) is 0 Å². The van der Waals surface area contributed by atoms with Gasteiger partial charge in [-0.1, -0.05) is 35.9 Å². The molecule has 0 spiro atoms. The minimum absolute atomic E-state index is 0.0435. The Morgan fingerprint density at radius 2 is 1.83 bits per heavy atom. The molecule has 126 valence electrons. The third-order valence-corrected chi connectivity index (χ3v) is 5.17. The predicted molar refractivity (Wildman–Crippen MR) is 92.3 cm³/mol. The lowest BCUT2D eigenvalue weighted by molar-refractivity contribution is 0.0737. The lowest BCUT2D eigenvalue weighted by atomic mass is 10.1. The number of halogens is 1. The Morgan fingerprint density at radius 3 is 2.50 bits per heavy atom. The largest absolute Gasteiger partial charge is 0.367 e. The van der Waals surface area contributed by atoms with Gasteiger partial charge in [0.25, 0.3) is 5.91 Å². The van der Waals surface area contributed by atoms with Gasteiger partial charge in [-0.2, -0.15) is 0 Å². The highest BCUT2D eigenvalue weighted by molar-refractivity contribution is 7.89. The maximum Gasteiger partial charge on any atom is 0.258 e. The maximum atomic E-state index is 12.5. The molecule has 2 aromatic carbocycles. The summed E-state index contributed by atoms with van der Waals surface area (Å²) in [5.74, 6) is -0.134. The standard InChI is InChI=1S/C16H16ClN3O3S/c17-15(9-11-5-7-12(8-6-11)24(18,22)23)20-10-19-14-4-2-1-3-13(14)16(20)21/h1-8,15,19H,9-10H2,(H2,18,22,23). The fraction of sp³-hybridized carbons (Fsp3) is 0.188. The van der Waals surface area contributed by atoms with Crippen LogP contribution in [0.15, 0.2) is 53.4 Å². The molecule has 8 heteroatoms. The van der Waals surface area contributed by atoms with Crippen molar-refractivity contribution in [2.24, 2.45) is 5.14 Å². The van der Waals surface area contributed by atoms with E-state index in [0.717, 1.165) is 11.3 Å². The van der Waals surface area contributed by atoms with Crippen molar-refractivity contribution >= 4 is 33.2 Å². The molecule has 24 heavy (non-hydrogen) atoms. The first-order valence-electron chi connectivity index (χ1n) is 7.26. The van der Waals surface area contributed by atoms with Crippen LogP contribution >= 0.6 is 11.6 Å². The van der Waals surface area contributed by atoms with Gasteiger partial charge in [-0.05, 0) is 29.8 Å². The first kappa shape index (κ1) is 16.8. The quantitative estimate of drug-likeness (QED) is 0.640. The van der Waals surface area contributed by atoms with Crippen molar-refractivity contribution in [1.29, 1.82) is 0 Å². The molecule has 0 aromatic heterocycles. The van der Waals surface area contributed by atoms with Gasteiger partial charge in [-0.25, -0.2) is 13.6 Å². The summed E-state index contributed by atoms with van der Waals surface area (Å²) < 4.78 is 22.5. The fourth-order valence-electron chi connectivity index (χ4n) is 2.57. The number of amides is 1. The number of alkyl halides is 1. The Morgan fingerprint density at radius 1 is 1.17 bits per heavy atom. The molecule has 1 aliphatic heterocycles. The second kappa shape index (κ2) is 6.43. The molecule has 1 unspecified atom stereocenters. The van der Waals surface area contributed by atoms with Gasteiger partial charge in [-0.15, -0.1) is 0 Å². The summed E-state index contributed by atoms with van der Waals surface area (Å²) in [6.07, 6.45) is 0.391. The summed E-state index contributed by atoms with van der Waals surface area (Å²) in [5.41, 5.74) is 1.63. The Labute approximate surface area is 145 Å². The van der Waals surface area contributed by atoms with Gasteiger partial charge < -0.3 is 10.2 Å². The molecular weight excluding hydrogens is 350 g/mol. The van der Waals surface area contributed by atoms with Crippen molar-refractivity contribution in [3.05, 3.63) is 59.7 Å². The van der Waals surface area contributed by atoms with Crippen LogP contribution in [-0.2, 0) is 16.4 Å². The maximum absolute atomic E-state index is 12.5. The van der Waals surface area contributed by atoms with Crippen LogP contribution in [0.2, 0.25) is 0 Å². The van der Waals surface area contributed by atoms with Crippen LogP contribution < -0.4 is 10.5 Å². The first-order chi connectivity index (χ1) is 11.4. The Hall–Kier alpha value is -2.09. The molecule has 0 saturated heterocycles. The van der Waals surface area contributed by atoms with Gasteiger partial charge >= 0.3 is 0 Å². The lowest BCUT2D eigenvalue weighted by Crippen LogP contribution is -2.45. The summed E-state index contributed by atoms with van der Waals surface area (Å²) >= 11 is 6.41. The highest BCUT2D eigenvalue weighted by Crippen LogP contribution is 2.25. The van der Waals surface area contributed by atoms with E-state index in [9.17, 15) is 13.2 Å².